The van der Waals surface area contributed by atoms with Crippen LogP contribution in [0.2, 0.25) is 0 Å². The number of aryl methyl sites for hydroxylation is 1. The van der Waals surface area contributed by atoms with Crippen molar-refractivity contribution in [1.82, 2.24) is 10.2 Å². The molecule has 1 amide bonds. The summed E-state index contributed by atoms with van der Waals surface area (Å²) in [6, 6.07) is 3.72. The molecule has 2 aliphatic rings. The number of benzene rings is 1. The zero-order valence-corrected chi connectivity index (χ0v) is 20.7. The summed E-state index contributed by atoms with van der Waals surface area (Å²) in [7, 11) is 1.57. The lowest BCUT2D eigenvalue weighted by Gasteiger charge is -2.21. The molecular formula is C26H33N3O6. The van der Waals surface area contributed by atoms with Gasteiger partial charge in [0.25, 0.3) is 11.9 Å². The third-order valence-electron chi connectivity index (χ3n) is 6.14. The number of methoxy groups -OCH3 is 1. The monoisotopic (exact) mass is 483 g/mol. The zero-order chi connectivity index (χ0) is 24.9. The van der Waals surface area contributed by atoms with E-state index >= 15 is 0 Å². The van der Waals surface area contributed by atoms with Gasteiger partial charge in [-0.2, -0.15) is 0 Å². The molecule has 0 saturated carbocycles. The summed E-state index contributed by atoms with van der Waals surface area (Å²) in [5, 5.41) is 11.8. The van der Waals surface area contributed by atoms with Crippen LogP contribution in [0, 0.1) is 12.3 Å². The molecule has 1 aromatic carbocycles. The second-order valence-electron chi connectivity index (χ2n) is 8.46. The highest BCUT2D eigenvalue weighted by Crippen LogP contribution is 2.39. The minimum Gasteiger partial charge on any atom is -0.493 e. The first kappa shape index (κ1) is 24.5. The number of nitrogens with one attached hydrogen (secondary N) is 2. The van der Waals surface area contributed by atoms with E-state index in [1.54, 1.807) is 7.11 Å². The Morgan fingerprint density at radius 1 is 1.29 bits per heavy atom. The molecule has 1 fully saturated rings. The number of furan rings is 1. The summed E-state index contributed by atoms with van der Waals surface area (Å²) in [4.78, 5) is 14.9. The van der Waals surface area contributed by atoms with Crippen LogP contribution in [0.4, 0.5) is 0 Å². The number of rotatable bonds is 8. The number of ether oxygens (including phenoxy) is 4. The number of amides is 1. The van der Waals surface area contributed by atoms with Gasteiger partial charge in [-0.25, -0.2) is 0 Å². The van der Waals surface area contributed by atoms with Crippen LogP contribution < -0.4 is 14.8 Å². The summed E-state index contributed by atoms with van der Waals surface area (Å²) in [6.07, 6.45) is 7.24. The average Bonchev–Trinajstić information content (AvgIpc) is 3.46. The van der Waals surface area contributed by atoms with Crippen molar-refractivity contribution in [2.45, 2.75) is 45.8 Å². The number of hydrogen-bond donors (Lipinski definition) is 2. The van der Waals surface area contributed by atoms with Crippen molar-refractivity contribution >= 4 is 22.9 Å². The van der Waals surface area contributed by atoms with Crippen LogP contribution >= 0.6 is 0 Å². The van der Waals surface area contributed by atoms with Crippen molar-refractivity contribution in [2.24, 2.45) is 0 Å². The molecule has 35 heavy (non-hydrogen) atoms. The number of amidine groups is 1. The quantitative estimate of drug-likeness (QED) is 0.429. The first-order valence-corrected chi connectivity index (χ1v) is 12.0. The Balaban J connectivity index is 1.37. The normalized spacial score (nSPS) is 19.4. The fourth-order valence-electron chi connectivity index (χ4n) is 4.36. The Hall–Kier alpha value is -3.62. The number of likely N-dealkylation sites (tertiary alicyclic amines) is 1. The summed E-state index contributed by atoms with van der Waals surface area (Å²) in [6.45, 7) is 7.93. The zero-order valence-electron chi connectivity index (χ0n) is 20.7. The highest BCUT2D eigenvalue weighted by Gasteiger charge is 2.28. The van der Waals surface area contributed by atoms with E-state index in [-0.39, 0.29) is 29.8 Å². The molecule has 4 rings (SSSR count). The van der Waals surface area contributed by atoms with E-state index in [4.69, 9.17) is 28.8 Å². The van der Waals surface area contributed by atoms with Crippen LogP contribution in [0.15, 0.2) is 40.5 Å². The molecule has 0 radical (unpaired) electrons. The molecule has 1 saturated heterocycles. The molecule has 188 valence electrons. The predicted octanol–water partition coefficient (Wildman–Crippen LogP) is 4.15. The van der Waals surface area contributed by atoms with Crippen molar-refractivity contribution in [3.05, 3.63) is 47.4 Å². The topological polar surface area (TPSA) is 106 Å². The van der Waals surface area contributed by atoms with E-state index in [0.717, 1.165) is 29.7 Å². The Morgan fingerprint density at radius 2 is 2.11 bits per heavy atom. The van der Waals surface area contributed by atoms with Crippen molar-refractivity contribution in [1.29, 1.82) is 5.41 Å². The van der Waals surface area contributed by atoms with Gasteiger partial charge in [0, 0.05) is 23.9 Å². The molecule has 0 bridgehead atoms. The van der Waals surface area contributed by atoms with E-state index in [0.29, 0.717) is 43.3 Å². The minimum atomic E-state index is -0.284. The molecule has 9 heteroatoms. The van der Waals surface area contributed by atoms with Crippen LogP contribution in [0.3, 0.4) is 0 Å². The largest absolute Gasteiger partial charge is 0.493 e. The fourth-order valence-corrected chi connectivity index (χ4v) is 4.36. The molecule has 1 aromatic heterocycles. The van der Waals surface area contributed by atoms with Gasteiger partial charge in [0.05, 0.1) is 32.9 Å². The van der Waals surface area contributed by atoms with Gasteiger partial charge in [-0.15, -0.1) is 0 Å². The minimum absolute atomic E-state index is 0.00701. The van der Waals surface area contributed by atoms with Gasteiger partial charge in [-0.05, 0) is 51.5 Å². The molecule has 2 heterocycles. The number of fused-ring (bicyclic) bond motifs is 1. The SMILES string of the molecule is CCOC(=N)N1CCC(OC2=CCC(NC(=O)c3oc4c(OCC)c(OC)ccc4c3C)C=C2)C1. The molecule has 2 N–H and O–H groups in total. The van der Waals surface area contributed by atoms with E-state index < -0.39 is 0 Å². The predicted molar refractivity (Wildman–Crippen MR) is 132 cm³/mol. The second-order valence-corrected chi connectivity index (χ2v) is 8.46. The summed E-state index contributed by atoms with van der Waals surface area (Å²) in [5.41, 5.74) is 1.26. The number of nitrogens with zero attached hydrogens (tertiary/aromatic N) is 1. The molecule has 1 aliphatic heterocycles. The van der Waals surface area contributed by atoms with E-state index in [9.17, 15) is 4.79 Å². The molecule has 2 unspecified atom stereocenters. The van der Waals surface area contributed by atoms with Gasteiger partial charge in [-0.1, -0.05) is 6.08 Å². The van der Waals surface area contributed by atoms with Gasteiger partial charge in [0.1, 0.15) is 11.9 Å². The molecule has 0 spiro atoms. The lowest BCUT2D eigenvalue weighted by molar-refractivity contribution is 0.0915. The Morgan fingerprint density at radius 3 is 2.80 bits per heavy atom. The summed E-state index contributed by atoms with van der Waals surface area (Å²) >= 11 is 0. The lowest BCUT2D eigenvalue weighted by Crippen LogP contribution is -2.34. The van der Waals surface area contributed by atoms with Crippen molar-refractivity contribution in [3.63, 3.8) is 0 Å². The van der Waals surface area contributed by atoms with Crippen LogP contribution in [0.5, 0.6) is 11.5 Å². The maximum Gasteiger partial charge on any atom is 0.287 e. The highest BCUT2D eigenvalue weighted by atomic mass is 16.5. The Bertz CT molecular complexity index is 1150. The van der Waals surface area contributed by atoms with Crippen LogP contribution in [-0.2, 0) is 9.47 Å². The first-order valence-electron chi connectivity index (χ1n) is 12.0. The molecule has 9 nitrogen and oxygen atoms in total. The maximum absolute atomic E-state index is 13.0. The van der Waals surface area contributed by atoms with E-state index in [1.807, 2.05) is 56.0 Å². The third kappa shape index (κ3) is 5.23. The van der Waals surface area contributed by atoms with Crippen LogP contribution in [0.25, 0.3) is 11.0 Å². The fraction of sp³-hybridized carbons (Fsp3) is 0.462. The van der Waals surface area contributed by atoms with Crippen molar-refractivity contribution < 1.29 is 28.2 Å². The first-order chi connectivity index (χ1) is 16.9. The van der Waals surface area contributed by atoms with E-state index in [1.165, 1.54) is 0 Å². The van der Waals surface area contributed by atoms with E-state index in [2.05, 4.69) is 5.32 Å². The lowest BCUT2D eigenvalue weighted by atomic mass is 10.1. The number of hydrogen-bond acceptors (Lipinski definition) is 7. The summed E-state index contributed by atoms with van der Waals surface area (Å²) in [5.74, 6) is 1.82. The molecule has 2 aromatic rings. The van der Waals surface area contributed by atoms with Crippen LogP contribution in [0.1, 0.15) is 42.8 Å². The summed E-state index contributed by atoms with van der Waals surface area (Å²) < 4.78 is 28.5. The third-order valence-corrected chi connectivity index (χ3v) is 6.14. The second kappa shape index (κ2) is 10.8. The van der Waals surface area contributed by atoms with Gasteiger partial charge >= 0.3 is 0 Å². The smallest absolute Gasteiger partial charge is 0.287 e. The maximum atomic E-state index is 13.0. The van der Waals surface area contributed by atoms with Crippen LogP contribution in [-0.4, -0.2) is 62.4 Å². The van der Waals surface area contributed by atoms with Gasteiger partial charge < -0.3 is 33.6 Å². The highest BCUT2D eigenvalue weighted by molar-refractivity contribution is 6.01. The average molecular weight is 484 g/mol. The molecular weight excluding hydrogens is 450 g/mol. The standard InChI is InChI=1S/C26H33N3O6/c1-5-32-24-21(31-4)12-11-20-16(3)22(35-23(20)24)25(30)28-17-7-9-18(10-8-17)34-19-13-14-29(15-19)26(27)33-6-2/h7,9-12,17,19,27H,5-6,8,13-15H2,1-4H3,(H,28,30). The number of carbonyl (C=O) groups excluding carboxylic acids is 1. The number of carbonyl (C=O) groups is 1. The van der Waals surface area contributed by atoms with Crippen molar-refractivity contribution in [2.75, 3.05) is 33.4 Å². The Labute approximate surface area is 205 Å². The molecule has 2 atom stereocenters. The Kier molecular flexibility index (Phi) is 7.53. The van der Waals surface area contributed by atoms with Gasteiger partial charge in [0.2, 0.25) is 5.75 Å². The van der Waals surface area contributed by atoms with Gasteiger partial charge in [0.15, 0.2) is 17.1 Å². The van der Waals surface area contributed by atoms with Gasteiger partial charge in [-0.3, -0.25) is 10.2 Å². The van der Waals surface area contributed by atoms with Crippen molar-refractivity contribution in [3.8, 4) is 11.5 Å². The number of allylic oxidation sites excluding steroid dienone is 1. The molecule has 1 aliphatic carbocycles.